The van der Waals surface area contributed by atoms with Crippen LogP contribution in [0.1, 0.15) is 44.1 Å². The molecule has 4 aliphatic rings. The third-order valence-electron chi connectivity index (χ3n) is 11.8. The van der Waals surface area contributed by atoms with E-state index < -0.39 is 21.6 Å². The number of hydrogen-bond donors (Lipinski definition) is 1. The van der Waals surface area contributed by atoms with E-state index in [4.69, 9.17) is 4.74 Å². The zero-order valence-corrected chi connectivity index (χ0v) is 29.6. The number of ether oxygens (including phenoxy) is 1. The van der Waals surface area contributed by atoms with Crippen molar-refractivity contribution in [2.24, 2.45) is 11.8 Å². The summed E-state index contributed by atoms with van der Waals surface area (Å²) in [5.41, 5.74) is 0.0875. The van der Waals surface area contributed by atoms with Crippen molar-refractivity contribution in [3.05, 3.63) is 90.2 Å². The zero-order valence-electron chi connectivity index (χ0n) is 28.8. The fourth-order valence-corrected chi connectivity index (χ4v) is 10.5. The van der Waals surface area contributed by atoms with E-state index in [1.54, 1.807) is 60.7 Å². The number of likely N-dealkylation sites (tertiary alicyclic amines) is 2. The maximum Gasteiger partial charge on any atom is 0.407 e. The number of alkyl carbamates (subject to hydrolysis) is 1. The van der Waals surface area contributed by atoms with Crippen LogP contribution in [-0.2, 0) is 20.0 Å². The summed E-state index contributed by atoms with van der Waals surface area (Å²) < 4.78 is 62.1. The Hall–Kier alpha value is -3.54. The Morgan fingerprint density at radius 3 is 2.22 bits per heavy atom. The highest BCUT2D eigenvalue weighted by molar-refractivity contribution is 7.91. The molecule has 50 heavy (non-hydrogen) atoms. The Morgan fingerprint density at radius 2 is 1.58 bits per heavy atom. The fourth-order valence-electron chi connectivity index (χ4n) is 9.24. The first-order valence-corrected chi connectivity index (χ1v) is 19.5. The van der Waals surface area contributed by atoms with Gasteiger partial charge in [0.15, 0.2) is 5.67 Å². The van der Waals surface area contributed by atoms with E-state index in [1.807, 2.05) is 11.0 Å². The van der Waals surface area contributed by atoms with Crippen LogP contribution in [0.5, 0.6) is 0 Å². The Bertz CT molecular complexity index is 1740. The topological polar surface area (TPSA) is 82.2 Å². The van der Waals surface area contributed by atoms with Crippen molar-refractivity contribution in [3.8, 4) is 0 Å². The number of carbonyl (C=O) groups is 1. The van der Waals surface area contributed by atoms with Crippen molar-refractivity contribution in [3.63, 3.8) is 0 Å². The molecule has 3 aromatic rings. The minimum atomic E-state index is -3.61. The van der Waals surface area contributed by atoms with Gasteiger partial charge in [0, 0.05) is 30.2 Å². The molecule has 7 rings (SSSR count). The zero-order chi connectivity index (χ0) is 34.9. The number of rotatable bonds is 11. The molecule has 0 unspecified atom stereocenters. The molecule has 0 bridgehead atoms. The van der Waals surface area contributed by atoms with E-state index in [1.165, 1.54) is 13.2 Å². The highest BCUT2D eigenvalue weighted by Crippen LogP contribution is 2.51. The Labute approximate surface area is 294 Å². The van der Waals surface area contributed by atoms with Crippen LogP contribution in [0.25, 0.3) is 0 Å². The molecule has 3 heterocycles. The first kappa shape index (κ1) is 34.9. The van der Waals surface area contributed by atoms with E-state index in [0.717, 1.165) is 82.5 Å². The van der Waals surface area contributed by atoms with Crippen molar-refractivity contribution < 1.29 is 26.7 Å². The Balaban J connectivity index is 1.03. The molecule has 1 N–H and O–H groups in total. The lowest BCUT2D eigenvalue weighted by atomic mass is 9.57. The molecule has 8 nitrogen and oxygen atoms in total. The molecule has 0 spiro atoms. The summed E-state index contributed by atoms with van der Waals surface area (Å²) in [6.45, 7) is 5.20. The normalized spacial score (nSPS) is 24.2. The number of hydrogen-bond acceptors (Lipinski definition) is 7. The number of halogens is 2. The van der Waals surface area contributed by atoms with Gasteiger partial charge in [-0.25, -0.2) is 22.0 Å². The predicted octanol–water partition coefficient (Wildman–Crippen LogP) is 6.07. The largest absolute Gasteiger partial charge is 0.453 e. The van der Waals surface area contributed by atoms with E-state index >= 15 is 4.39 Å². The van der Waals surface area contributed by atoms with Crippen molar-refractivity contribution in [1.29, 1.82) is 0 Å². The van der Waals surface area contributed by atoms with Crippen LogP contribution >= 0.6 is 0 Å². The summed E-state index contributed by atoms with van der Waals surface area (Å²) in [6.07, 6.45) is 5.25. The second-order valence-corrected chi connectivity index (χ2v) is 16.8. The summed E-state index contributed by atoms with van der Waals surface area (Å²) in [5.74, 6) is 0.123. The van der Waals surface area contributed by atoms with Crippen LogP contribution < -0.4 is 10.2 Å². The van der Waals surface area contributed by atoms with Gasteiger partial charge in [-0.3, -0.25) is 4.90 Å². The first-order chi connectivity index (χ1) is 24.1. The Morgan fingerprint density at radius 1 is 0.880 bits per heavy atom. The van der Waals surface area contributed by atoms with Crippen molar-refractivity contribution in [2.45, 2.75) is 65.4 Å². The van der Waals surface area contributed by atoms with Gasteiger partial charge in [-0.05, 0) is 124 Å². The van der Waals surface area contributed by atoms with Crippen LogP contribution in [0, 0.1) is 17.7 Å². The van der Waals surface area contributed by atoms with Gasteiger partial charge in [-0.15, -0.1) is 0 Å². The smallest absolute Gasteiger partial charge is 0.407 e. The second-order valence-electron chi connectivity index (χ2n) is 14.8. The number of amides is 1. The molecule has 4 fully saturated rings. The lowest BCUT2D eigenvalue weighted by molar-refractivity contribution is 0.00584. The van der Waals surface area contributed by atoms with E-state index in [9.17, 15) is 17.6 Å². The van der Waals surface area contributed by atoms with Gasteiger partial charge >= 0.3 is 6.09 Å². The minimum absolute atomic E-state index is 0.0624. The number of methoxy groups -OCH3 is 1. The SMILES string of the molecule is COC(=O)N[C@H]1CCC[C@@H]1[C@](CN1CCC1)(c1cccc(F)c1)C1CCN(CC2(F)CN(c3ccc(S(=O)(=O)c4ccccc4)cc3)C2)CC1. The molecule has 3 aliphatic heterocycles. The highest BCUT2D eigenvalue weighted by atomic mass is 32.2. The van der Waals surface area contributed by atoms with Gasteiger partial charge in [0.05, 0.1) is 30.0 Å². The maximum atomic E-state index is 16.2. The van der Waals surface area contributed by atoms with Crippen molar-refractivity contribution in [2.75, 3.05) is 64.4 Å². The summed E-state index contributed by atoms with van der Waals surface area (Å²) in [6, 6.07) is 22.1. The van der Waals surface area contributed by atoms with Gasteiger partial charge in [-0.2, -0.15) is 0 Å². The quantitative estimate of drug-likeness (QED) is 0.260. The highest BCUT2D eigenvalue weighted by Gasteiger charge is 2.54. The number of sulfone groups is 1. The fraction of sp³-hybridized carbons (Fsp3) is 0.513. The number of nitrogens with one attached hydrogen (secondary N) is 1. The molecule has 3 aromatic carbocycles. The van der Waals surface area contributed by atoms with Crippen LogP contribution in [0.3, 0.4) is 0 Å². The third kappa shape index (κ3) is 6.88. The molecular formula is C39H48F2N4O4S. The maximum absolute atomic E-state index is 16.2. The average molecular weight is 707 g/mol. The van der Waals surface area contributed by atoms with Gasteiger partial charge in [0.2, 0.25) is 9.84 Å². The van der Waals surface area contributed by atoms with Crippen LogP contribution in [0.15, 0.2) is 88.7 Å². The summed E-state index contributed by atoms with van der Waals surface area (Å²) in [7, 11) is -2.22. The van der Waals surface area contributed by atoms with Crippen molar-refractivity contribution in [1.82, 2.24) is 15.1 Å². The number of piperidine rings is 1. The standard InChI is InChI=1S/C39H48F2N4O4S/c1-49-37(46)42-36-13-6-12-35(36)39(28-43-20-7-21-43,30-8-5-9-31(40)24-30)29-18-22-44(23-19-29)25-38(41)26-45(27-38)32-14-16-34(17-15-32)50(47,48)33-10-3-2-4-11-33/h2-5,8-11,14-17,24,29,35-36H,6-7,12-13,18-23,25-28H2,1H3,(H,42,46)/t35-,36-,39-/m0/s1. The monoisotopic (exact) mass is 706 g/mol. The summed E-state index contributed by atoms with van der Waals surface area (Å²) >= 11 is 0. The molecule has 3 saturated heterocycles. The third-order valence-corrected chi connectivity index (χ3v) is 13.6. The number of alkyl halides is 1. The number of anilines is 1. The first-order valence-electron chi connectivity index (χ1n) is 18.0. The molecular weight excluding hydrogens is 659 g/mol. The van der Waals surface area contributed by atoms with Crippen LogP contribution in [0.2, 0.25) is 0 Å². The minimum Gasteiger partial charge on any atom is -0.453 e. The molecule has 0 radical (unpaired) electrons. The van der Waals surface area contributed by atoms with Crippen LogP contribution in [0.4, 0.5) is 19.3 Å². The molecule has 1 saturated carbocycles. The second kappa shape index (κ2) is 14.2. The predicted molar refractivity (Wildman–Crippen MR) is 189 cm³/mol. The van der Waals surface area contributed by atoms with Gasteiger partial charge in [-0.1, -0.05) is 36.8 Å². The molecule has 1 aliphatic carbocycles. The lowest BCUT2D eigenvalue weighted by Gasteiger charge is -2.54. The number of nitrogens with zero attached hydrogens (tertiary/aromatic N) is 3. The summed E-state index contributed by atoms with van der Waals surface area (Å²) in [5, 5.41) is 3.14. The van der Waals surface area contributed by atoms with Gasteiger partial charge in [0.1, 0.15) is 5.82 Å². The molecule has 268 valence electrons. The average Bonchev–Trinajstić information content (AvgIpc) is 3.56. The summed E-state index contributed by atoms with van der Waals surface area (Å²) in [4.78, 5) is 19.6. The number of carbonyl (C=O) groups excluding carboxylic acids is 1. The lowest BCUT2D eigenvalue weighted by Crippen LogP contribution is -2.65. The molecule has 1 amide bonds. The van der Waals surface area contributed by atoms with Crippen molar-refractivity contribution >= 4 is 21.6 Å². The van der Waals surface area contributed by atoms with Gasteiger partial charge < -0.3 is 19.9 Å². The van der Waals surface area contributed by atoms with E-state index in [2.05, 4.69) is 21.2 Å². The van der Waals surface area contributed by atoms with E-state index in [0.29, 0.717) is 6.54 Å². The Kier molecular flexibility index (Phi) is 9.93. The molecule has 0 aromatic heterocycles. The molecule has 11 heteroatoms. The number of benzene rings is 3. The van der Waals surface area contributed by atoms with Gasteiger partial charge in [0.25, 0.3) is 0 Å². The molecule has 3 atom stereocenters. The van der Waals surface area contributed by atoms with E-state index in [-0.39, 0.29) is 52.0 Å². The van der Waals surface area contributed by atoms with Crippen LogP contribution in [-0.4, -0.2) is 95.5 Å².